The first kappa shape index (κ1) is 18.2. The molecule has 4 unspecified atom stereocenters. The molecule has 7 heteroatoms. The number of hydrogen-bond acceptors (Lipinski definition) is 5. The second kappa shape index (κ2) is 7.10. The highest BCUT2D eigenvalue weighted by Crippen LogP contribution is 2.52. The van der Waals surface area contributed by atoms with E-state index in [4.69, 9.17) is 9.47 Å². The number of benzene rings is 1. The number of allylic oxidation sites excluding steroid dienone is 2. The standard InChI is InChI=1S/C20H19IN2O4/c1-3-6-27-18-14(21)7-11(8-15(18)26-2)10-22-23-19(24)16-12-4-5-13(9-12)17(16)20(23)25/h3-5,7-8,10,12-13,16-17H,1,6,9H2,2H3. The number of rotatable bonds is 6. The van der Waals surface area contributed by atoms with Crippen molar-refractivity contribution in [3.8, 4) is 11.5 Å². The third-order valence-corrected chi connectivity index (χ3v) is 6.17. The minimum Gasteiger partial charge on any atom is -0.493 e. The van der Waals surface area contributed by atoms with Gasteiger partial charge in [0.2, 0.25) is 0 Å². The van der Waals surface area contributed by atoms with E-state index in [-0.39, 0.29) is 35.5 Å². The number of halogens is 1. The van der Waals surface area contributed by atoms with Gasteiger partial charge in [0, 0.05) is 0 Å². The van der Waals surface area contributed by atoms with Crippen LogP contribution in [0.1, 0.15) is 12.0 Å². The maximum absolute atomic E-state index is 12.7. The molecule has 2 aliphatic carbocycles. The first-order chi connectivity index (χ1) is 13.0. The summed E-state index contributed by atoms with van der Waals surface area (Å²) in [5.41, 5.74) is 0.723. The average molecular weight is 478 g/mol. The molecule has 0 aromatic heterocycles. The van der Waals surface area contributed by atoms with Crippen molar-refractivity contribution in [1.29, 1.82) is 0 Å². The Kier molecular flexibility index (Phi) is 4.79. The lowest BCUT2D eigenvalue weighted by Gasteiger charge is -2.13. The van der Waals surface area contributed by atoms with Crippen molar-refractivity contribution in [2.75, 3.05) is 13.7 Å². The zero-order chi connectivity index (χ0) is 19.1. The number of ether oxygens (including phenoxy) is 2. The highest BCUT2D eigenvalue weighted by Gasteiger charge is 2.59. The van der Waals surface area contributed by atoms with E-state index in [0.717, 1.165) is 20.6 Å². The van der Waals surface area contributed by atoms with Crippen LogP contribution in [0.25, 0.3) is 0 Å². The van der Waals surface area contributed by atoms with Crippen LogP contribution < -0.4 is 9.47 Å². The van der Waals surface area contributed by atoms with Gasteiger partial charge in [0.25, 0.3) is 11.8 Å². The Morgan fingerprint density at radius 1 is 1.26 bits per heavy atom. The van der Waals surface area contributed by atoms with Crippen LogP contribution in [0.4, 0.5) is 0 Å². The third-order valence-electron chi connectivity index (χ3n) is 5.37. The van der Waals surface area contributed by atoms with E-state index >= 15 is 0 Å². The minimum atomic E-state index is -0.242. The zero-order valence-electron chi connectivity index (χ0n) is 14.8. The van der Waals surface area contributed by atoms with Crippen molar-refractivity contribution in [3.05, 3.63) is 46.1 Å². The molecule has 27 heavy (non-hydrogen) atoms. The molecule has 1 saturated heterocycles. The summed E-state index contributed by atoms with van der Waals surface area (Å²) in [4.78, 5) is 25.3. The van der Waals surface area contributed by atoms with Crippen LogP contribution in [0.15, 0.2) is 42.0 Å². The SMILES string of the molecule is C=CCOc1c(I)cc(C=NN2C(=O)C3C4C=CC(C4)C3C2=O)cc1OC. The molecule has 0 N–H and O–H groups in total. The fraction of sp³-hybridized carbons (Fsp3) is 0.350. The van der Waals surface area contributed by atoms with Gasteiger partial charge in [-0.25, -0.2) is 0 Å². The summed E-state index contributed by atoms with van der Waals surface area (Å²) < 4.78 is 11.9. The van der Waals surface area contributed by atoms with Gasteiger partial charge in [-0.1, -0.05) is 24.8 Å². The van der Waals surface area contributed by atoms with Crippen LogP contribution in [0.3, 0.4) is 0 Å². The van der Waals surface area contributed by atoms with Gasteiger partial charge in [-0.05, 0) is 58.5 Å². The van der Waals surface area contributed by atoms with E-state index in [1.807, 2.05) is 6.07 Å². The molecule has 2 amide bonds. The summed E-state index contributed by atoms with van der Waals surface area (Å²) in [5.74, 6) is 0.682. The van der Waals surface area contributed by atoms with E-state index in [1.54, 1.807) is 19.3 Å². The Bertz CT molecular complexity index is 849. The van der Waals surface area contributed by atoms with E-state index in [0.29, 0.717) is 18.1 Å². The summed E-state index contributed by atoms with van der Waals surface area (Å²) in [5, 5.41) is 5.25. The summed E-state index contributed by atoms with van der Waals surface area (Å²) >= 11 is 2.15. The summed E-state index contributed by atoms with van der Waals surface area (Å²) in [6, 6.07) is 3.63. The van der Waals surface area contributed by atoms with Gasteiger partial charge in [-0.15, -0.1) is 0 Å². The van der Waals surface area contributed by atoms with Crippen molar-refractivity contribution in [3.63, 3.8) is 0 Å². The molecule has 1 aromatic carbocycles. The Hall–Kier alpha value is -2.16. The second-order valence-corrected chi connectivity index (χ2v) is 8.03. The normalized spacial score (nSPS) is 28.3. The lowest BCUT2D eigenvalue weighted by Crippen LogP contribution is -2.28. The highest BCUT2D eigenvalue weighted by molar-refractivity contribution is 14.1. The fourth-order valence-electron chi connectivity index (χ4n) is 4.22. The molecule has 4 rings (SSSR count). The molecule has 0 radical (unpaired) electrons. The van der Waals surface area contributed by atoms with Gasteiger partial charge >= 0.3 is 0 Å². The van der Waals surface area contributed by atoms with Crippen LogP contribution in [0, 0.1) is 27.2 Å². The number of carbonyl (C=O) groups is 2. The van der Waals surface area contributed by atoms with Crippen molar-refractivity contribution >= 4 is 40.6 Å². The lowest BCUT2D eigenvalue weighted by atomic mass is 9.85. The number of carbonyl (C=O) groups excluding carboxylic acids is 2. The maximum Gasteiger partial charge on any atom is 0.254 e. The zero-order valence-corrected chi connectivity index (χ0v) is 17.0. The van der Waals surface area contributed by atoms with Gasteiger partial charge in [-0.2, -0.15) is 10.1 Å². The number of amides is 2. The van der Waals surface area contributed by atoms with Gasteiger partial charge in [0.05, 0.1) is 28.7 Å². The van der Waals surface area contributed by atoms with Crippen LogP contribution in [0.2, 0.25) is 0 Å². The molecule has 140 valence electrons. The predicted octanol–water partition coefficient (Wildman–Crippen LogP) is 3.01. The summed E-state index contributed by atoms with van der Waals surface area (Å²) in [6.07, 6.45) is 8.23. The maximum atomic E-state index is 12.7. The first-order valence-corrected chi connectivity index (χ1v) is 9.84. The highest BCUT2D eigenvalue weighted by atomic mass is 127. The van der Waals surface area contributed by atoms with Crippen LogP contribution >= 0.6 is 22.6 Å². The fourth-order valence-corrected chi connectivity index (χ4v) is 5.00. The molecule has 3 aliphatic rings. The monoisotopic (exact) mass is 478 g/mol. The lowest BCUT2D eigenvalue weighted by molar-refractivity contribution is -0.140. The quantitative estimate of drug-likeness (QED) is 0.273. The molecular formula is C20H19IN2O4. The molecule has 4 atom stereocenters. The van der Waals surface area contributed by atoms with Crippen molar-refractivity contribution in [2.45, 2.75) is 6.42 Å². The topological polar surface area (TPSA) is 68.2 Å². The van der Waals surface area contributed by atoms with Crippen LogP contribution in [0.5, 0.6) is 11.5 Å². The van der Waals surface area contributed by atoms with Gasteiger partial charge in [-0.3, -0.25) is 9.59 Å². The average Bonchev–Trinajstić information content (AvgIpc) is 3.33. The van der Waals surface area contributed by atoms with Gasteiger partial charge in [0.1, 0.15) is 6.61 Å². The molecule has 6 nitrogen and oxygen atoms in total. The van der Waals surface area contributed by atoms with Gasteiger partial charge < -0.3 is 9.47 Å². The molecule has 1 heterocycles. The largest absolute Gasteiger partial charge is 0.493 e. The second-order valence-electron chi connectivity index (χ2n) is 6.87. The summed E-state index contributed by atoms with van der Waals surface area (Å²) in [7, 11) is 1.56. The predicted molar refractivity (Wildman–Crippen MR) is 109 cm³/mol. The Labute approximate surface area is 171 Å². The number of nitrogens with zero attached hydrogens (tertiary/aromatic N) is 2. The number of hydrazone groups is 1. The minimum absolute atomic E-state index is 0.180. The number of imide groups is 1. The number of fused-ring (bicyclic) bond motifs is 5. The van der Waals surface area contributed by atoms with E-state index in [9.17, 15) is 9.59 Å². The van der Waals surface area contributed by atoms with E-state index in [2.05, 4.69) is 46.4 Å². The van der Waals surface area contributed by atoms with Crippen molar-refractivity contribution in [1.82, 2.24) is 5.01 Å². The smallest absolute Gasteiger partial charge is 0.254 e. The first-order valence-electron chi connectivity index (χ1n) is 8.76. The van der Waals surface area contributed by atoms with Crippen molar-refractivity contribution < 1.29 is 19.1 Å². The van der Waals surface area contributed by atoms with E-state index < -0.39 is 0 Å². The summed E-state index contributed by atoms with van der Waals surface area (Å²) in [6.45, 7) is 4.01. The Balaban J connectivity index is 1.57. The molecule has 1 saturated carbocycles. The molecule has 0 spiro atoms. The molecule has 2 fully saturated rings. The number of methoxy groups -OCH3 is 1. The Morgan fingerprint density at radius 2 is 1.93 bits per heavy atom. The molecule has 1 aromatic rings. The van der Waals surface area contributed by atoms with Crippen LogP contribution in [-0.2, 0) is 9.59 Å². The van der Waals surface area contributed by atoms with Crippen LogP contribution in [-0.4, -0.2) is 36.8 Å². The molecule has 1 aliphatic heterocycles. The molecular weight excluding hydrogens is 459 g/mol. The Morgan fingerprint density at radius 3 is 2.52 bits per heavy atom. The number of hydrogen-bond donors (Lipinski definition) is 0. The molecule has 2 bridgehead atoms. The van der Waals surface area contributed by atoms with E-state index in [1.165, 1.54) is 6.21 Å². The third kappa shape index (κ3) is 2.97. The van der Waals surface area contributed by atoms with Gasteiger partial charge in [0.15, 0.2) is 11.5 Å². The van der Waals surface area contributed by atoms with Crippen molar-refractivity contribution in [2.24, 2.45) is 28.8 Å².